The number of para-hydroxylation sites is 1. The van der Waals surface area contributed by atoms with Gasteiger partial charge in [0.1, 0.15) is 17.6 Å². The SMILES string of the molecule is Cc1cccc(Cl)c1N1CC=C[C@]23O[C@@H]4/C=C\CCCOC(=O)[C@@H]4[C@H]2C(=O)N([C@@H](CO)C(C)C)C3C1=O. The van der Waals surface area contributed by atoms with E-state index in [-0.39, 0.29) is 37.5 Å². The first-order chi connectivity index (χ1) is 17.7. The van der Waals surface area contributed by atoms with Crippen LogP contribution in [0.4, 0.5) is 5.69 Å². The summed E-state index contributed by atoms with van der Waals surface area (Å²) in [5.74, 6) is -3.25. The van der Waals surface area contributed by atoms with E-state index in [0.717, 1.165) is 12.0 Å². The normalized spacial score (nSPS) is 33.2. The number of aliphatic hydroxyl groups is 1. The van der Waals surface area contributed by atoms with Gasteiger partial charge in [0.25, 0.3) is 5.91 Å². The summed E-state index contributed by atoms with van der Waals surface area (Å²) in [6, 6.07) is 3.69. The molecule has 4 heterocycles. The zero-order chi connectivity index (χ0) is 26.5. The molecule has 1 spiro atoms. The summed E-state index contributed by atoms with van der Waals surface area (Å²) in [4.78, 5) is 45.1. The van der Waals surface area contributed by atoms with Crippen molar-refractivity contribution in [1.82, 2.24) is 4.90 Å². The Hall–Kier alpha value is -2.68. The van der Waals surface area contributed by atoms with Gasteiger partial charge in [-0.3, -0.25) is 14.4 Å². The number of aryl methyl sites for hydroxylation is 1. The maximum absolute atomic E-state index is 14.5. The van der Waals surface area contributed by atoms with Gasteiger partial charge in [0, 0.05) is 6.54 Å². The van der Waals surface area contributed by atoms with Crippen molar-refractivity contribution < 1.29 is 29.0 Å². The van der Waals surface area contributed by atoms with Gasteiger partial charge in [-0.2, -0.15) is 0 Å². The van der Waals surface area contributed by atoms with Crippen LogP contribution in [-0.4, -0.2) is 71.3 Å². The van der Waals surface area contributed by atoms with Crippen molar-refractivity contribution in [2.45, 2.75) is 57.4 Å². The minimum absolute atomic E-state index is 0.150. The Bertz CT molecular complexity index is 1150. The molecule has 1 aromatic rings. The quantitative estimate of drug-likeness (QED) is 0.476. The maximum atomic E-state index is 14.5. The first-order valence-corrected chi connectivity index (χ1v) is 13.3. The lowest BCUT2D eigenvalue weighted by molar-refractivity contribution is -0.155. The second kappa shape index (κ2) is 9.89. The Labute approximate surface area is 221 Å². The Balaban J connectivity index is 1.68. The molecule has 4 aliphatic heterocycles. The molecule has 9 heteroatoms. The van der Waals surface area contributed by atoms with E-state index in [1.165, 1.54) is 4.90 Å². The molecule has 0 radical (unpaired) electrons. The Morgan fingerprint density at radius 1 is 1.19 bits per heavy atom. The van der Waals surface area contributed by atoms with E-state index in [0.29, 0.717) is 17.1 Å². The second-order valence-corrected chi connectivity index (χ2v) is 11.0. The topological polar surface area (TPSA) is 96.4 Å². The van der Waals surface area contributed by atoms with Gasteiger partial charge in [0.2, 0.25) is 5.91 Å². The molecule has 0 saturated carbocycles. The third-order valence-electron chi connectivity index (χ3n) is 8.06. The lowest BCUT2D eigenvalue weighted by Crippen LogP contribution is -2.59. The van der Waals surface area contributed by atoms with Gasteiger partial charge in [-0.05, 0) is 37.3 Å². The summed E-state index contributed by atoms with van der Waals surface area (Å²) < 4.78 is 12.2. The fourth-order valence-corrected chi connectivity index (χ4v) is 6.66. The van der Waals surface area contributed by atoms with E-state index in [9.17, 15) is 19.5 Å². The first kappa shape index (κ1) is 25.9. The number of halogens is 1. The fourth-order valence-electron chi connectivity index (χ4n) is 6.34. The molecule has 1 unspecified atom stereocenters. The van der Waals surface area contributed by atoms with E-state index < -0.39 is 41.6 Å². The van der Waals surface area contributed by atoms with Gasteiger partial charge in [-0.25, -0.2) is 0 Å². The Morgan fingerprint density at radius 2 is 1.97 bits per heavy atom. The molecule has 198 valence electrons. The summed E-state index contributed by atoms with van der Waals surface area (Å²) in [6.07, 6.45) is 8.06. The number of carbonyl (C=O) groups excluding carboxylic acids is 3. The number of hydrogen-bond acceptors (Lipinski definition) is 6. The molecule has 1 N–H and O–H groups in total. The van der Waals surface area contributed by atoms with Crippen LogP contribution in [0.2, 0.25) is 5.02 Å². The molecule has 0 bridgehead atoms. The molecule has 2 amide bonds. The smallest absolute Gasteiger partial charge is 0.312 e. The van der Waals surface area contributed by atoms with Crippen LogP contribution < -0.4 is 4.90 Å². The number of carbonyl (C=O) groups is 3. The number of allylic oxidation sites excluding steroid dienone is 1. The van der Waals surface area contributed by atoms with Crippen LogP contribution in [0.5, 0.6) is 0 Å². The summed E-state index contributed by atoms with van der Waals surface area (Å²) in [5.41, 5.74) is -0.00768. The standard InChI is InChI=1S/C28H33ClN2O6/c1-16(2)19(15-32)31-24-26(34)30(23-17(3)9-7-10-18(23)29)13-8-12-28(24)22(25(31)33)21-20(37-28)11-5-4-6-14-36-27(21)35/h5,7-12,16,19-22,24,32H,4,6,13-15H2,1-3H3/b11-5-/t19-,20+,21-,22-,24?,28-/m0/s1. The molecule has 5 rings (SSSR count). The Kier molecular flexibility index (Phi) is 6.94. The van der Waals surface area contributed by atoms with Crippen LogP contribution in [0, 0.1) is 24.7 Å². The highest BCUT2D eigenvalue weighted by atomic mass is 35.5. The van der Waals surface area contributed by atoms with E-state index in [4.69, 9.17) is 21.1 Å². The number of hydrogen-bond donors (Lipinski definition) is 1. The lowest BCUT2D eigenvalue weighted by Gasteiger charge is -2.40. The summed E-state index contributed by atoms with van der Waals surface area (Å²) in [6.45, 7) is 5.81. The van der Waals surface area contributed by atoms with E-state index in [1.807, 2.05) is 51.1 Å². The molecule has 37 heavy (non-hydrogen) atoms. The van der Waals surface area contributed by atoms with Crippen LogP contribution in [0.1, 0.15) is 32.3 Å². The molecule has 2 fully saturated rings. The van der Waals surface area contributed by atoms with Crippen LogP contribution in [-0.2, 0) is 23.9 Å². The van der Waals surface area contributed by atoms with Crippen molar-refractivity contribution in [3.05, 3.63) is 53.1 Å². The number of rotatable bonds is 4. The first-order valence-electron chi connectivity index (χ1n) is 12.9. The third kappa shape index (κ3) is 4.01. The maximum Gasteiger partial charge on any atom is 0.312 e. The third-order valence-corrected chi connectivity index (χ3v) is 8.37. The minimum atomic E-state index is -1.39. The largest absolute Gasteiger partial charge is 0.465 e. The highest BCUT2D eigenvalue weighted by Crippen LogP contribution is 2.54. The number of anilines is 1. The number of likely N-dealkylation sites (tertiary alicyclic amines) is 1. The highest BCUT2D eigenvalue weighted by molar-refractivity contribution is 6.34. The Morgan fingerprint density at radius 3 is 2.68 bits per heavy atom. The van der Waals surface area contributed by atoms with Crippen molar-refractivity contribution in [2.75, 3.05) is 24.7 Å². The van der Waals surface area contributed by atoms with Crippen LogP contribution in [0.25, 0.3) is 0 Å². The number of cyclic esters (lactones) is 1. The van der Waals surface area contributed by atoms with E-state index in [2.05, 4.69) is 0 Å². The van der Waals surface area contributed by atoms with Crippen molar-refractivity contribution in [3.63, 3.8) is 0 Å². The zero-order valence-corrected chi connectivity index (χ0v) is 22.1. The fraction of sp³-hybridized carbons (Fsp3) is 0.536. The van der Waals surface area contributed by atoms with Gasteiger partial charge in [-0.1, -0.05) is 61.9 Å². The van der Waals surface area contributed by atoms with Gasteiger partial charge < -0.3 is 24.4 Å². The number of aliphatic hydroxyl groups excluding tert-OH is 1. The lowest BCUT2D eigenvalue weighted by atomic mass is 9.78. The minimum Gasteiger partial charge on any atom is -0.465 e. The highest BCUT2D eigenvalue weighted by Gasteiger charge is 2.72. The number of nitrogens with zero attached hydrogens (tertiary/aromatic N) is 2. The van der Waals surface area contributed by atoms with Gasteiger partial charge in [0.15, 0.2) is 0 Å². The van der Waals surface area contributed by atoms with E-state index in [1.54, 1.807) is 17.0 Å². The molecule has 6 atom stereocenters. The number of benzene rings is 1. The molecule has 0 aliphatic carbocycles. The molecular weight excluding hydrogens is 496 g/mol. The molecule has 8 nitrogen and oxygen atoms in total. The second-order valence-electron chi connectivity index (χ2n) is 10.6. The van der Waals surface area contributed by atoms with Gasteiger partial charge in [0.05, 0.1) is 42.0 Å². The average molecular weight is 529 g/mol. The zero-order valence-electron chi connectivity index (χ0n) is 21.3. The van der Waals surface area contributed by atoms with Crippen molar-refractivity contribution in [3.8, 4) is 0 Å². The van der Waals surface area contributed by atoms with Gasteiger partial charge in [-0.15, -0.1) is 0 Å². The summed E-state index contributed by atoms with van der Waals surface area (Å²) >= 11 is 6.57. The molecule has 2 saturated heterocycles. The average Bonchev–Trinajstić information content (AvgIpc) is 3.26. The van der Waals surface area contributed by atoms with E-state index >= 15 is 0 Å². The monoisotopic (exact) mass is 528 g/mol. The number of amides is 2. The van der Waals surface area contributed by atoms with Crippen molar-refractivity contribution in [2.24, 2.45) is 17.8 Å². The van der Waals surface area contributed by atoms with Crippen LogP contribution in [0.3, 0.4) is 0 Å². The summed E-state index contributed by atoms with van der Waals surface area (Å²) in [7, 11) is 0. The number of ether oxygens (including phenoxy) is 2. The molecule has 4 aliphatic rings. The van der Waals surface area contributed by atoms with Crippen molar-refractivity contribution in [1.29, 1.82) is 0 Å². The van der Waals surface area contributed by atoms with Crippen LogP contribution in [0.15, 0.2) is 42.5 Å². The molecule has 1 aromatic carbocycles. The van der Waals surface area contributed by atoms with Gasteiger partial charge >= 0.3 is 5.97 Å². The molecular formula is C28H33ClN2O6. The predicted molar refractivity (Wildman–Crippen MR) is 138 cm³/mol. The molecule has 0 aromatic heterocycles. The van der Waals surface area contributed by atoms with Crippen molar-refractivity contribution >= 4 is 35.1 Å². The number of fused-ring (bicyclic) bond motifs is 2. The van der Waals surface area contributed by atoms with Crippen LogP contribution >= 0.6 is 11.6 Å². The summed E-state index contributed by atoms with van der Waals surface area (Å²) in [5, 5.41) is 10.8. The number of esters is 1. The predicted octanol–water partition coefficient (Wildman–Crippen LogP) is 3.04.